The zero-order valence-corrected chi connectivity index (χ0v) is 14.6. The van der Waals surface area contributed by atoms with Crippen LogP contribution in [0.2, 0.25) is 0 Å². The summed E-state index contributed by atoms with van der Waals surface area (Å²) in [5.74, 6) is -0.662. The van der Waals surface area contributed by atoms with Crippen molar-refractivity contribution in [2.75, 3.05) is 26.2 Å². The van der Waals surface area contributed by atoms with Gasteiger partial charge in [-0.1, -0.05) is 48.5 Å². The van der Waals surface area contributed by atoms with Crippen LogP contribution >= 0.6 is 0 Å². The molecule has 4 rings (SSSR count). The maximum Gasteiger partial charge on any atom is 0.256 e. The van der Waals surface area contributed by atoms with E-state index in [2.05, 4.69) is 41.3 Å². The standard InChI is InChI=1S/C22H21FN2O/c23-21-8-4-3-7-20(21)22(26)25-13-11-24(12-14-25)16-17-9-10-18-5-1-2-6-19(18)15-17/h1-10,15H,11-14,16H2. The summed E-state index contributed by atoms with van der Waals surface area (Å²) in [5.41, 5.74) is 1.44. The number of hydrogen-bond acceptors (Lipinski definition) is 2. The Morgan fingerprint density at radius 3 is 2.31 bits per heavy atom. The van der Waals surface area contributed by atoms with Gasteiger partial charge in [0.15, 0.2) is 0 Å². The molecule has 1 amide bonds. The molecule has 0 saturated carbocycles. The van der Waals surface area contributed by atoms with E-state index in [9.17, 15) is 9.18 Å². The van der Waals surface area contributed by atoms with Crippen LogP contribution in [0.4, 0.5) is 4.39 Å². The first-order valence-corrected chi connectivity index (χ1v) is 8.94. The van der Waals surface area contributed by atoms with Crippen LogP contribution in [0.25, 0.3) is 10.8 Å². The quantitative estimate of drug-likeness (QED) is 0.716. The van der Waals surface area contributed by atoms with Crippen molar-refractivity contribution in [2.45, 2.75) is 6.54 Å². The van der Waals surface area contributed by atoms with E-state index in [1.165, 1.54) is 22.4 Å². The average Bonchev–Trinajstić information content (AvgIpc) is 2.68. The molecule has 1 aliphatic heterocycles. The van der Waals surface area contributed by atoms with Crippen LogP contribution in [0.15, 0.2) is 66.7 Å². The van der Waals surface area contributed by atoms with E-state index in [-0.39, 0.29) is 11.5 Å². The molecule has 1 fully saturated rings. The van der Waals surface area contributed by atoms with Crippen molar-refractivity contribution < 1.29 is 9.18 Å². The predicted molar refractivity (Wildman–Crippen MR) is 102 cm³/mol. The van der Waals surface area contributed by atoms with Gasteiger partial charge >= 0.3 is 0 Å². The van der Waals surface area contributed by atoms with Gasteiger partial charge in [0, 0.05) is 32.7 Å². The summed E-state index contributed by atoms with van der Waals surface area (Å²) in [6.07, 6.45) is 0. The van der Waals surface area contributed by atoms with Crippen molar-refractivity contribution >= 4 is 16.7 Å². The summed E-state index contributed by atoms with van der Waals surface area (Å²) >= 11 is 0. The maximum atomic E-state index is 13.8. The first-order valence-electron chi connectivity index (χ1n) is 8.94. The average molecular weight is 348 g/mol. The summed E-state index contributed by atoms with van der Waals surface area (Å²) in [7, 11) is 0. The summed E-state index contributed by atoms with van der Waals surface area (Å²) < 4.78 is 13.8. The lowest BCUT2D eigenvalue weighted by Crippen LogP contribution is -2.48. The minimum Gasteiger partial charge on any atom is -0.336 e. The van der Waals surface area contributed by atoms with Crippen LogP contribution in [0, 0.1) is 5.82 Å². The predicted octanol–water partition coefficient (Wildman–Crippen LogP) is 3.94. The van der Waals surface area contributed by atoms with Crippen LogP contribution in [-0.4, -0.2) is 41.9 Å². The fourth-order valence-corrected chi connectivity index (χ4v) is 3.51. The topological polar surface area (TPSA) is 23.6 Å². The molecule has 0 aromatic heterocycles. The summed E-state index contributed by atoms with van der Waals surface area (Å²) in [5, 5.41) is 2.50. The van der Waals surface area contributed by atoms with Crippen LogP contribution in [0.5, 0.6) is 0 Å². The van der Waals surface area contributed by atoms with Gasteiger partial charge in [-0.15, -0.1) is 0 Å². The first kappa shape index (κ1) is 16.7. The van der Waals surface area contributed by atoms with Crippen molar-refractivity contribution in [3.8, 4) is 0 Å². The lowest BCUT2D eigenvalue weighted by Gasteiger charge is -2.34. The van der Waals surface area contributed by atoms with E-state index in [0.29, 0.717) is 13.1 Å². The minimum absolute atomic E-state index is 0.162. The second-order valence-corrected chi connectivity index (χ2v) is 6.73. The highest BCUT2D eigenvalue weighted by molar-refractivity contribution is 5.94. The molecule has 3 aromatic carbocycles. The van der Waals surface area contributed by atoms with Crippen molar-refractivity contribution in [3.05, 3.63) is 83.7 Å². The maximum absolute atomic E-state index is 13.8. The Hall–Kier alpha value is -2.72. The highest BCUT2D eigenvalue weighted by Gasteiger charge is 2.23. The molecule has 0 radical (unpaired) electrons. The van der Waals surface area contributed by atoms with Crippen molar-refractivity contribution in [1.29, 1.82) is 0 Å². The van der Waals surface area contributed by atoms with E-state index in [1.807, 2.05) is 6.07 Å². The molecule has 3 aromatic rings. The molecule has 0 unspecified atom stereocenters. The molecule has 0 bridgehead atoms. The van der Waals surface area contributed by atoms with Crippen LogP contribution in [0.1, 0.15) is 15.9 Å². The van der Waals surface area contributed by atoms with E-state index < -0.39 is 5.82 Å². The lowest BCUT2D eigenvalue weighted by molar-refractivity contribution is 0.0624. The molecule has 1 heterocycles. The number of amides is 1. The number of hydrogen-bond donors (Lipinski definition) is 0. The van der Waals surface area contributed by atoms with Crippen molar-refractivity contribution in [1.82, 2.24) is 9.80 Å². The number of benzene rings is 3. The third-order valence-corrected chi connectivity index (χ3v) is 4.98. The Morgan fingerprint density at radius 1 is 0.846 bits per heavy atom. The molecule has 26 heavy (non-hydrogen) atoms. The van der Waals surface area contributed by atoms with Gasteiger partial charge in [-0.25, -0.2) is 4.39 Å². The monoisotopic (exact) mass is 348 g/mol. The van der Waals surface area contributed by atoms with E-state index >= 15 is 0 Å². The smallest absolute Gasteiger partial charge is 0.256 e. The van der Waals surface area contributed by atoms with Crippen LogP contribution < -0.4 is 0 Å². The fourth-order valence-electron chi connectivity index (χ4n) is 3.51. The van der Waals surface area contributed by atoms with Gasteiger partial charge in [0.25, 0.3) is 5.91 Å². The molecule has 132 valence electrons. The van der Waals surface area contributed by atoms with Gasteiger partial charge in [-0.05, 0) is 34.5 Å². The lowest BCUT2D eigenvalue weighted by atomic mass is 10.1. The third kappa shape index (κ3) is 3.46. The van der Waals surface area contributed by atoms with Gasteiger partial charge in [0.1, 0.15) is 5.82 Å². The number of halogens is 1. The third-order valence-electron chi connectivity index (χ3n) is 4.98. The second kappa shape index (κ2) is 7.26. The van der Waals surface area contributed by atoms with E-state index in [0.717, 1.165) is 19.6 Å². The zero-order valence-electron chi connectivity index (χ0n) is 14.6. The Kier molecular flexibility index (Phi) is 4.67. The molecule has 0 aliphatic carbocycles. The summed E-state index contributed by atoms with van der Waals surface area (Å²) in [6, 6.07) is 21.1. The summed E-state index contributed by atoms with van der Waals surface area (Å²) in [6.45, 7) is 3.72. The molecule has 0 N–H and O–H groups in total. The fraction of sp³-hybridized carbons (Fsp3) is 0.227. The van der Waals surface area contributed by atoms with E-state index in [1.54, 1.807) is 23.1 Å². The molecular weight excluding hydrogens is 327 g/mol. The van der Waals surface area contributed by atoms with Gasteiger partial charge < -0.3 is 4.90 Å². The molecule has 1 saturated heterocycles. The van der Waals surface area contributed by atoms with E-state index in [4.69, 9.17) is 0 Å². The largest absolute Gasteiger partial charge is 0.336 e. The number of carbonyl (C=O) groups is 1. The molecule has 0 spiro atoms. The molecule has 0 atom stereocenters. The van der Waals surface area contributed by atoms with Crippen LogP contribution in [0.3, 0.4) is 0 Å². The van der Waals surface area contributed by atoms with Gasteiger partial charge in [-0.3, -0.25) is 9.69 Å². The van der Waals surface area contributed by atoms with Crippen LogP contribution in [-0.2, 0) is 6.54 Å². The number of rotatable bonds is 3. The number of fused-ring (bicyclic) bond motifs is 1. The Balaban J connectivity index is 1.38. The Bertz CT molecular complexity index is 932. The molecular formula is C22H21FN2O. The summed E-state index contributed by atoms with van der Waals surface area (Å²) in [4.78, 5) is 16.6. The van der Waals surface area contributed by atoms with Gasteiger partial charge in [-0.2, -0.15) is 0 Å². The normalized spacial score (nSPS) is 15.3. The Morgan fingerprint density at radius 2 is 1.54 bits per heavy atom. The van der Waals surface area contributed by atoms with Crippen molar-refractivity contribution in [3.63, 3.8) is 0 Å². The number of piperazine rings is 1. The SMILES string of the molecule is O=C(c1ccccc1F)N1CCN(Cc2ccc3ccccc3c2)CC1. The van der Waals surface area contributed by atoms with Gasteiger partial charge in [0.05, 0.1) is 5.56 Å². The first-order chi connectivity index (χ1) is 12.7. The second-order valence-electron chi connectivity index (χ2n) is 6.73. The highest BCUT2D eigenvalue weighted by Crippen LogP contribution is 2.18. The number of carbonyl (C=O) groups excluding carboxylic acids is 1. The Labute approximate surface area is 152 Å². The van der Waals surface area contributed by atoms with Crippen molar-refractivity contribution in [2.24, 2.45) is 0 Å². The zero-order chi connectivity index (χ0) is 17.9. The minimum atomic E-state index is -0.448. The molecule has 3 nitrogen and oxygen atoms in total. The molecule has 4 heteroatoms. The number of nitrogens with zero attached hydrogens (tertiary/aromatic N) is 2. The highest BCUT2D eigenvalue weighted by atomic mass is 19.1. The van der Waals surface area contributed by atoms with Gasteiger partial charge in [0.2, 0.25) is 0 Å². The molecule has 1 aliphatic rings.